The van der Waals surface area contributed by atoms with E-state index in [1.165, 1.54) is 0 Å². The first kappa shape index (κ1) is 16.3. The van der Waals surface area contributed by atoms with Crippen molar-refractivity contribution in [2.45, 2.75) is 46.8 Å². The summed E-state index contributed by atoms with van der Waals surface area (Å²) in [4.78, 5) is 4.27. The van der Waals surface area contributed by atoms with Crippen LogP contribution >= 0.6 is 0 Å². The molecule has 2 unspecified atom stereocenters. The summed E-state index contributed by atoms with van der Waals surface area (Å²) in [6.07, 6.45) is 1.23. The van der Waals surface area contributed by atoms with Crippen LogP contribution in [0, 0.1) is 0 Å². The lowest BCUT2D eigenvalue weighted by molar-refractivity contribution is 0.0815. The molecule has 0 rings (SSSR count). The standard InChI is InChI=1S/C13H28N2O2/c1-6-13(14(7-2)8-3)15(9-11(4)16)10-12(5)17/h6,11-12,16-17H,7-10H2,1-5H3. The summed E-state index contributed by atoms with van der Waals surface area (Å²) in [5, 5.41) is 19.1. The minimum atomic E-state index is -0.403. The van der Waals surface area contributed by atoms with Crippen LogP contribution in [0.2, 0.25) is 0 Å². The zero-order valence-electron chi connectivity index (χ0n) is 11.8. The molecule has 0 fully saturated rings. The maximum atomic E-state index is 9.54. The van der Waals surface area contributed by atoms with E-state index in [1.807, 2.05) is 17.9 Å². The Labute approximate surface area is 106 Å². The number of nitrogens with zero attached hydrogens (tertiary/aromatic N) is 2. The lowest BCUT2D eigenvalue weighted by atomic mass is 10.3. The summed E-state index contributed by atoms with van der Waals surface area (Å²) >= 11 is 0. The Bertz CT molecular complexity index is 213. The van der Waals surface area contributed by atoms with Crippen LogP contribution in [0.3, 0.4) is 0 Å². The summed E-state index contributed by atoms with van der Waals surface area (Å²) < 4.78 is 0. The lowest BCUT2D eigenvalue weighted by Crippen LogP contribution is -2.42. The van der Waals surface area contributed by atoms with Gasteiger partial charge in [-0.2, -0.15) is 0 Å². The van der Waals surface area contributed by atoms with Gasteiger partial charge in [-0.15, -0.1) is 0 Å². The van der Waals surface area contributed by atoms with Crippen molar-refractivity contribution >= 4 is 0 Å². The highest BCUT2D eigenvalue weighted by Crippen LogP contribution is 2.12. The Morgan fingerprint density at radius 2 is 1.41 bits per heavy atom. The largest absolute Gasteiger partial charge is 0.392 e. The van der Waals surface area contributed by atoms with Gasteiger partial charge in [0, 0.05) is 26.2 Å². The number of rotatable bonds is 8. The average molecular weight is 244 g/mol. The molecule has 0 radical (unpaired) electrons. The predicted molar refractivity (Wildman–Crippen MR) is 71.6 cm³/mol. The second-order valence-corrected chi connectivity index (χ2v) is 4.42. The second-order valence-electron chi connectivity index (χ2n) is 4.42. The van der Waals surface area contributed by atoms with E-state index in [0.717, 1.165) is 18.9 Å². The maximum Gasteiger partial charge on any atom is 0.0996 e. The highest BCUT2D eigenvalue weighted by atomic mass is 16.3. The predicted octanol–water partition coefficient (Wildman–Crippen LogP) is 1.25. The van der Waals surface area contributed by atoms with Crippen LogP contribution in [0.15, 0.2) is 11.9 Å². The third kappa shape index (κ3) is 5.94. The van der Waals surface area contributed by atoms with Gasteiger partial charge in [0.15, 0.2) is 0 Å². The zero-order chi connectivity index (χ0) is 13.4. The van der Waals surface area contributed by atoms with Crippen molar-refractivity contribution in [2.75, 3.05) is 26.2 Å². The molecule has 4 heteroatoms. The lowest BCUT2D eigenvalue weighted by Gasteiger charge is -2.36. The molecular formula is C13H28N2O2. The minimum absolute atomic E-state index is 0.403. The van der Waals surface area contributed by atoms with Gasteiger partial charge in [-0.1, -0.05) is 0 Å². The number of allylic oxidation sites excluding steroid dienone is 1. The molecule has 2 N–H and O–H groups in total. The fourth-order valence-corrected chi connectivity index (χ4v) is 2.01. The van der Waals surface area contributed by atoms with E-state index in [1.54, 1.807) is 13.8 Å². The molecule has 0 saturated carbocycles. The fourth-order valence-electron chi connectivity index (χ4n) is 2.01. The van der Waals surface area contributed by atoms with Gasteiger partial charge in [-0.3, -0.25) is 0 Å². The number of hydrogen-bond donors (Lipinski definition) is 2. The van der Waals surface area contributed by atoms with E-state index in [4.69, 9.17) is 0 Å². The molecule has 0 saturated heterocycles. The second kappa shape index (κ2) is 8.37. The number of hydrogen-bond acceptors (Lipinski definition) is 4. The van der Waals surface area contributed by atoms with Crippen molar-refractivity contribution in [3.8, 4) is 0 Å². The van der Waals surface area contributed by atoms with Crippen LogP contribution in [0.5, 0.6) is 0 Å². The molecule has 17 heavy (non-hydrogen) atoms. The van der Waals surface area contributed by atoms with Crippen LogP contribution < -0.4 is 0 Å². The summed E-state index contributed by atoms with van der Waals surface area (Å²) in [5.74, 6) is 1.08. The topological polar surface area (TPSA) is 46.9 Å². The molecule has 0 aromatic heterocycles. The average Bonchev–Trinajstić information content (AvgIpc) is 2.23. The van der Waals surface area contributed by atoms with E-state index >= 15 is 0 Å². The molecule has 0 aromatic carbocycles. The first-order chi connectivity index (χ1) is 7.96. The summed E-state index contributed by atoms with van der Waals surface area (Å²) in [6.45, 7) is 12.7. The first-order valence-electron chi connectivity index (χ1n) is 6.48. The Morgan fingerprint density at radius 1 is 1.00 bits per heavy atom. The molecule has 0 aromatic rings. The van der Waals surface area contributed by atoms with E-state index in [0.29, 0.717) is 13.1 Å². The molecule has 0 amide bonds. The van der Waals surface area contributed by atoms with Gasteiger partial charge in [0.25, 0.3) is 0 Å². The number of aliphatic hydroxyl groups is 2. The quantitative estimate of drug-likeness (QED) is 0.675. The molecule has 2 atom stereocenters. The van der Waals surface area contributed by atoms with Gasteiger partial charge in [0.05, 0.1) is 18.0 Å². The molecule has 0 bridgehead atoms. The van der Waals surface area contributed by atoms with Gasteiger partial charge < -0.3 is 20.0 Å². The molecule has 0 aliphatic heterocycles. The van der Waals surface area contributed by atoms with Gasteiger partial charge in [0.2, 0.25) is 0 Å². The Morgan fingerprint density at radius 3 is 1.65 bits per heavy atom. The summed E-state index contributed by atoms with van der Waals surface area (Å²) in [7, 11) is 0. The van der Waals surface area contributed by atoms with Gasteiger partial charge in [-0.05, 0) is 40.7 Å². The minimum Gasteiger partial charge on any atom is -0.392 e. The van der Waals surface area contributed by atoms with Crippen LogP contribution in [0.4, 0.5) is 0 Å². The van der Waals surface area contributed by atoms with Crippen molar-refractivity contribution in [3.63, 3.8) is 0 Å². The highest BCUT2D eigenvalue weighted by molar-refractivity contribution is 5.00. The van der Waals surface area contributed by atoms with Crippen molar-refractivity contribution in [2.24, 2.45) is 0 Å². The van der Waals surface area contributed by atoms with Gasteiger partial charge in [0.1, 0.15) is 0 Å². The summed E-state index contributed by atoms with van der Waals surface area (Å²) in [6, 6.07) is 0. The van der Waals surface area contributed by atoms with Crippen molar-refractivity contribution in [1.82, 2.24) is 9.80 Å². The Hall–Kier alpha value is -0.740. The van der Waals surface area contributed by atoms with E-state index in [2.05, 4.69) is 18.7 Å². The molecule has 0 heterocycles. The van der Waals surface area contributed by atoms with Crippen molar-refractivity contribution in [3.05, 3.63) is 11.9 Å². The third-order valence-corrected chi connectivity index (χ3v) is 2.64. The van der Waals surface area contributed by atoms with Crippen molar-refractivity contribution < 1.29 is 10.2 Å². The molecule has 102 valence electrons. The van der Waals surface area contributed by atoms with E-state index < -0.39 is 12.2 Å². The SMILES string of the molecule is CC=C(N(CC)CC)N(CC(C)O)CC(C)O. The first-order valence-corrected chi connectivity index (χ1v) is 6.48. The van der Waals surface area contributed by atoms with Crippen molar-refractivity contribution in [1.29, 1.82) is 0 Å². The van der Waals surface area contributed by atoms with Gasteiger partial charge in [-0.25, -0.2) is 0 Å². The third-order valence-electron chi connectivity index (χ3n) is 2.64. The van der Waals surface area contributed by atoms with Crippen LogP contribution in [0.25, 0.3) is 0 Å². The maximum absolute atomic E-state index is 9.54. The molecule has 0 spiro atoms. The smallest absolute Gasteiger partial charge is 0.0996 e. The monoisotopic (exact) mass is 244 g/mol. The zero-order valence-corrected chi connectivity index (χ0v) is 11.8. The Kier molecular flexibility index (Phi) is 8.00. The molecular weight excluding hydrogens is 216 g/mol. The highest BCUT2D eigenvalue weighted by Gasteiger charge is 2.17. The molecule has 4 nitrogen and oxygen atoms in total. The number of aliphatic hydroxyl groups excluding tert-OH is 2. The van der Waals surface area contributed by atoms with Crippen LogP contribution in [-0.4, -0.2) is 58.4 Å². The fraction of sp³-hybridized carbons (Fsp3) is 0.846. The normalized spacial score (nSPS) is 15.6. The molecule has 0 aliphatic rings. The summed E-state index contributed by atoms with van der Waals surface area (Å²) in [5.41, 5.74) is 0. The van der Waals surface area contributed by atoms with Gasteiger partial charge >= 0.3 is 0 Å². The van der Waals surface area contributed by atoms with E-state index in [-0.39, 0.29) is 0 Å². The van der Waals surface area contributed by atoms with Crippen LogP contribution in [0.1, 0.15) is 34.6 Å². The van der Waals surface area contributed by atoms with E-state index in [9.17, 15) is 10.2 Å². The van der Waals surface area contributed by atoms with Crippen LogP contribution in [-0.2, 0) is 0 Å². The Balaban J connectivity index is 4.83. The molecule has 0 aliphatic carbocycles.